The number of fused-ring (bicyclic) bond motifs is 3. The molecule has 1 aliphatic rings. The molecule has 0 fully saturated rings. The molecule has 7 heteroatoms. The first-order chi connectivity index (χ1) is 14.1. The minimum atomic E-state index is -0.403. The maximum Gasteiger partial charge on any atom is 0.267 e. The number of aryl methyl sites for hydroxylation is 1. The van der Waals surface area contributed by atoms with Crippen molar-refractivity contribution < 1.29 is 14.3 Å². The van der Waals surface area contributed by atoms with Crippen LogP contribution in [0, 0.1) is 6.92 Å². The van der Waals surface area contributed by atoms with Crippen molar-refractivity contribution in [2.75, 3.05) is 12.0 Å². The molecule has 0 saturated carbocycles. The third kappa shape index (κ3) is 2.44. The van der Waals surface area contributed by atoms with Gasteiger partial charge < -0.3 is 4.74 Å². The molecule has 2 aromatic heterocycles. The van der Waals surface area contributed by atoms with Crippen molar-refractivity contribution in [1.29, 1.82) is 0 Å². The van der Waals surface area contributed by atoms with E-state index in [1.54, 1.807) is 28.9 Å². The number of carbonyl (C=O) groups is 2. The first kappa shape index (κ1) is 17.1. The van der Waals surface area contributed by atoms with Gasteiger partial charge >= 0.3 is 0 Å². The molecule has 0 unspecified atom stereocenters. The number of hydrogen-bond acceptors (Lipinski definition) is 5. The predicted octanol–water partition coefficient (Wildman–Crippen LogP) is 3.54. The van der Waals surface area contributed by atoms with Gasteiger partial charge in [0.05, 0.1) is 40.7 Å². The third-order valence-electron chi connectivity index (χ3n) is 5.03. The van der Waals surface area contributed by atoms with Gasteiger partial charge in [-0.15, -0.1) is 0 Å². The molecule has 0 spiro atoms. The molecule has 0 bridgehead atoms. The summed E-state index contributed by atoms with van der Waals surface area (Å²) in [6, 6.07) is 16.4. The molecule has 142 valence electrons. The van der Waals surface area contributed by atoms with Gasteiger partial charge in [-0.25, -0.2) is 14.6 Å². The average Bonchev–Trinajstić information content (AvgIpc) is 3.22. The summed E-state index contributed by atoms with van der Waals surface area (Å²) in [4.78, 5) is 32.0. The van der Waals surface area contributed by atoms with E-state index in [2.05, 4.69) is 10.1 Å². The van der Waals surface area contributed by atoms with Crippen LogP contribution in [-0.2, 0) is 0 Å². The van der Waals surface area contributed by atoms with Crippen molar-refractivity contribution in [3.8, 4) is 11.4 Å². The van der Waals surface area contributed by atoms with Crippen molar-refractivity contribution in [3.63, 3.8) is 0 Å². The Bertz CT molecular complexity index is 1290. The van der Waals surface area contributed by atoms with Gasteiger partial charge in [0.15, 0.2) is 5.65 Å². The highest BCUT2D eigenvalue weighted by Crippen LogP contribution is 2.35. The zero-order chi connectivity index (χ0) is 20.1. The summed E-state index contributed by atoms with van der Waals surface area (Å²) in [5, 5.41) is 5.17. The number of aromatic nitrogens is 3. The highest BCUT2D eigenvalue weighted by atomic mass is 16.5. The van der Waals surface area contributed by atoms with Crippen LogP contribution in [0.3, 0.4) is 0 Å². The molecule has 1 aliphatic heterocycles. The quantitative estimate of drug-likeness (QED) is 0.505. The van der Waals surface area contributed by atoms with Gasteiger partial charge in [-0.2, -0.15) is 5.10 Å². The van der Waals surface area contributed by atoms with Gasteiger partial charge in [0.2, 0.25) is 0 Å². The molecule has 7 nitrogen and oxygen atoms in total. The normalized spacial score (nSPS) is 13.2. The Balaban J connectivity index is 1.71. The van der Waals surface area contributed by atoms with E-state index in [0.29, 0.717) is 33.7 Å². The summed E-state index contributed by atoms with van der Waals surface area (Å²) < 4.78 is 6.92. The molecule has 0 atom stereocenters. The Kier molecular flexibility index (Phi) is 3.70. The number of amides is 2. The molecule has 0 radical (unpaired) electrons. The molecule has 5 rings (SSSR count). The average molecular weight is 384 g/mol. The second kappa shape index (κ2) is 6.27. The maximum atomic E-state index is 13.3. The zero-order valence-corrected chi connectivity index (χ0v) is 15.8. The fourth-order valence-corrected chi connectivity index (χ4v) is 3.69. The molecule has 0 N–H and O–H groups in total. The minimum Gasteiger partial charge on any atom is -0.497 e. The number of benzene rings is 2. The molecule has 2 amide bonds. The molecule has 29 heavy (non-hydrogen) atoms. The summed E-state index contributed by atoms with van der Waals surface area (Å²) in [7, 11) is 1.54. The van der Waals surface area contributed by atoms with E-state index in [1.807, 2.05) is 37.3 Å². The van der Waals surface area contributed by atoms with E-state index in [9.17, 15) is 9.59 Å². The molecule has 4 aromatic rings. The van der Waals surface area contributed by atoms with Gasteiger partial charge in [-0.05, 0) is 31.2 Å². The van der Waals surface area contributed by atoms with Crippen LogP contribution in [0.2, 0.25) is 0 Å². The lowest BCUT2D eigenvalue weighted by atomic mass is 10.1. The van der Waals surface area contributed by atoms with E-state index in [4.69, 9.17) is 4.74 Å². The van der Waals surface area contributed by atoms with Gasteiger partial charge in [0, 0.05) is 12.3 Å². The lowest BCUT2D eigenvalue weighted by molar-refractivity contribution is 0.0926. The largest absolute Gasteiger partial charge is 0.497 e. The van der Waals surface area contributed by atoms with Crippen LogP contribution in [0.4, 0.5) is 5.69 Å². The number of anilines is 1. The van der Waals surface area contributed by atoms with E-state index in [0.717, 1.165) is 10.6 Å². The number of imide groups is 1. The van der Waals surface area contributed by atoms with E-state index in [1.165, 1.54) is 13.3 Å². The number of nitrogens with zero attached hydrogens (tertiary/aromatic N) is 4. The van der Waals surface area contributed by atoms with Crippen LogP contribution in [0.15, 0.2) is 60.8 Å². The number of carbonyl (C=O) groups excluding carboxylic acids is 2. The number of methoxy groups -OCH3 is 1. The smallest absolute Gasteiger partial charge is 0.267 e. The number of pyridine rings is 1. The molecular weight excluding hydrogens is 368 g/mol. The van der Waals surface area contributed by atoms with E-state index >= 15 is 0 Å². The van der Waals surface area contributed by atoms with E-state index in [-0.39, 0.29) is 11.5 Å². The molecular formula is C22H16N4O3. The monoisotopic (exact) mass is 384 g/mol. The number of hydrogen-bond donors (Lipinski definition) is 0. The van der Waals surface area contributed by atoms with Crippen molar-refractivity contribution in [2.45, 2.75) is 6.92 Å². The SMILES string of the molecule is COc1cccc(N2C(=O)c3cnc4c(c(C)nn4-c4ccccc4)c3C2=O)c1. The summed E-state index contributed by atoms with van der Waals surface area (Å²) in [5.74, 6) is -0.226. The molecule has 3 heterocycles. The lowest BCUT2D eigenvalue weighted by Crippen LogP contribution is -2.29. The summed E-state index contributed by atoms with van der Waals surface area (Å²) in [6.45, 7) is 1.82. The first-order valence-corrected chi connectivity index (χ1v) is 9.06. The molecule has 2 aromatic carbocycles. The second-order valence-corrected chi connectivity index (χ2v) is 6.73. The fourth-order valence-electron chi connectivity index (χ4n) is 3.69. The first-order valence-electron chi connectivity index (χ1n) is 9.06. The second-order valence-electron chi connectivity index (χ2n) is 6.73. The van der Waals surface area contributed by atoms with Crippen molar-refractivity contribution >= 4 is 28.5 Å². The predicted molar refractivity (Wildman–Crippen MR) is 108 cm³/mol. The van der Waals surface area contributed by atoms with Crippen LogP contribution >= 0.6 is 0 Å². The van der Waals surface area contributed by atoms with Crippen LogP contribution in [0.1, 0.15) is 26.4 Å². The number of rotatable bonds is 3. The summed E-state index contributed by atoms with van der Waals surface area (Å²) in [5.41, 5.74) is 3.09. The fraction of sp³-hybridized carbons (Fsp3) is 0.0909. The third-order valence-corrected chi connectivity index (χ3v) is 5.03. The maximum absolute atomic E-state index is 13.3. The van der Waals surface area contributed by atoms with Gasteiger partial charge in [0.1, 0.15) is 5.75 Å². The summed E-state index contributed by atoms with van der Waals surface area (Å²) in [6.07, 6.45) is 1.46. The number of para-hydroxylation sites is 1. The van der Waals surface area contributed by atoms with Crippen LogP contribution in [0.5, 0.6) is 5.75 Å². The van der Waals surface area contributed by atoms with Crippen LogP contribution in [0.25, 0.3) is 16.7 Å². The lowest BCUT2D eigenvalue weighted by Gasteiger charge is -2.14. The van der Waals surface area contributed by atoms with Crippen LogP contribution in [-0.4, -0.2) is 33.7 Å². The summed E-state index contributed by atoms with van der Waals surface area (Å²) >= 11 is 0. The zero-order valence-electron chi connectivity index (χ0n) is 15.8. The highest BCUT2D eigenvalue weighted by molar-refractivity contribution is 6.37. The van der Waals surface area contributed by atoms with Crippen molar-refractivity contribution in [2.24, 2.45) is 0 Å². The van der Waals surface area contributed by atoms with Crippen molar-refractivity contribution in [3.05, 3.63) is 77.6 Å². The Morgan fingerprint density at radius 1 is 0.931 bits per heavy atom. The Labute approximate surface area is 166 Å². The minimum absolute atomic E-state index is 0.279. The standard InChI is InChI=1S/C22H16N4O3/c1-13-18-19-17(12-23-20(18)26(24-13)14-7-4-3-5-8-14)21(27)25(22(19)28)15-9-6-10-16(11-15)29-2/h3-12H,1-2H3. The van der Waals surface area contributed by atoms with E-state index < -0.39 is 5.91 Å². The van der Waals surface area contributed by atoms with Gasteiger partial charge in [-0.3, -0.25) is 9.59 Å². The van der Waals surface area contributed by atoms with Gasteiger partial charge in [-0.1, -0.05) is 24.3 Å². The topological polar surface area (TPSA) is 77.3 Å². The van der Waals surface area contributed by atoms with Crippen molar-refractivity contribution in [1.82, 2.24) is 14.8 Å². The highest BCUT2D eigenvalue weighted by Gasteiger charge is 2.40. The molecule has 0 aliphatic carbocycles. The number of ether oxygens (including phenoxy) is 1. The van der Waals surface area contributed by atoms with Crippen LogP contribution < -0.4 is 9.64 Å². The molecule has 0 saturated heterocycles. The Morgan fingerprint density at radius 3 is 2.45 bits per heavy atom. The Hall–Kier alpha value is -4.00. The Morgan fingerprint density at radius 2 is 1.69 bits per heavy atom. The van der Waals surface area contributed by atoms with Gasteiger partial charge in [0.25, 0.3) is 11.8 Å².